The second-order valence-electron chi connectivity index (χ2n) is 4.18. The van der Waals surface area contributed by atoms with E-state index in [1.54, 1.807) is 38.6 Å². The van der Waals surface area contributed by atoms with E-state index in [4.69, 9.17) is 9.47 Å². The number of nitrogens with zero attached hydrogens (tertiary/aromatic N) is 3. The van der Waals surface area contributed by atoms with E-state index in [1.807, 2.05) is 6.92 Å². The fourth-order valence-corrected chi connectivity index (χ4v) is 1.68. The van der Waals surface area contributed by atoms with Gasteiger partial charge in [0.1, 0.15) is 18.0 Å². The smallest absolute Gasteiger partial charge is 0.246 e. The van der Waals surface area contributed by atoms with E-state index in [-0.39, 0.29) is 12.5 Å². The Hall–Kier alpha value is -2.57. The third kappa shape index (κ3) is 3.25. The quantitative estimate of drug-likeness (QED) is 0.889. The van der Waals surface area contributed by atoms with E-state index < -0.39 is 0 Å². The number of hydrogen-bond donors (Lipinski definition) is 1. The predicted octanol–water partition coefficient (Wildman–Crippen LogP) is 1.24. The first-order valence-electron chi connectivity index (χ1n) is 6.00. The Labute approximate surface area is 116 Å². The van der Waals surface area contributed by atoms with E-state index in [9.17, 15) is 4.79 Å². The molecule has 0 saturated heterocycles. The molecule has 0 unspecified atom stereocenters. The molecule has 106 valence electrons. The fraction of sp³-hybridized carbons (Fsp3) is 0.308. The van der Waals surface area contributed by atoms with Crippen LogP contribution in [0, 0.1) is 6.92 Å². The van der Waals surface area contributed by atoms with Crippen LogP contribution in [-0.4, -0.2) is 35.1 Å². The van der Waals surface area contributed by atoms with Crippen molar-refractivity contribution < 1.29 is 14.3 Å². The summed E-state index contributed by atoms with van der Waals surface area (Å²) in [6.07, 6.45) is 1.60. The molecule has 0 radical (unpaired) electrons. The number of nitrogens with one attached hydrogen (secondary N) is 1. The molecule has 7 nitrogen and oxygen atoms in total. The number of anilines is 1. The van der Waals surface area contributed by atoms with E-state index in [1.165, 1.54) is 4.68 Å². The molecular formula is C13H16N4O3. The lowest BCUT2D eigenvalue weighted by molar-refractivity contribution is -0.117. The zero-order valence-electron chi connectivity index (χ0n) is 11.6. The van der Waals surface area contributed by atoms with Crippen LogP contribution in [0.2, 0.25) is 0 Å². The number of hydrogen-bond acceptors (Lipinski definition) is 5. The maximum absolute atomic E-state index is 11.9. The molecule has 1 heterocycles. The molecule has 1 amide bonds. The minimum atomic E-state index is -0.200. The van der Waals surface area contributed by atoms with E-state index >= 15 is 0 Å². The van der Waals surface area contributed by atoms with Crippen LogP contribution in [0.3, 0.4) is 0 Å². The molecule has 0 saturated carbocycles. The number of methoxy groups -OCH3 is 2. The number of rotatable bonds is 5. The number of carbonyl (C=O) groups excluding carboxylic acids is 1. The van der Waals surface area contributed by atoms with Gasteiger partial charge in [-0.2, -0.15) is 0 Å². The Balaban J connectivity index is 2.09. The van der Waals surface area contributed by atoms with Crippen molar-refractivity contribution >= 4 is 11.6 Å². The molecule has 1 aromatic heterocycles. The summed E-state index contributed by atoms with van der Waals surface area (Å²) in [5, 5.41) is 10.3. The van der Waals surface area contributed by atoms with Crippen LogP contribution in [0.5, 0.6) is 11.5 Å². The Bertz CT molecular complexity index is 587. The molecule has 2 aromatic rings. The lowest BCUT2D eigenvalue weighted by Crippen LogP contribution is -2.20. The van der Waals surface area contributed by atoms with Crippen molar-refractivity contribution in [3.8, 4) is 11.5 Å². The molecule has 0 spiro atoms. The Kier molecular flexibility index (Phi) is 4.19. The number of carbonyl (C=O) groups is 1. The normalized spacial score (nSPS) is 10.2. The highest BCUT2D eigenvalue weighted by Crippen LogP contribution is 2.25. The molecule has 7 heteroatoms. The van der Waals surface area contributed by atoms with Gasteiger partial charge in [-0.1, -0.05) is 5.21 Å². The first-order valence-corrected chi connectivity index (χ1v) is 6.00. The topological polar surface area (TPSA) is 78.3 Å². The summed E-state index contributed by atoms with van der Waals surface area (Å²) in [6.45, 7) is 1.94. The zero-order chi connectivity index (χ0) is 14.5. The van der Waals surface area contributed by atoms with E-state index in [2.05, 4.69) is 15.6 Å². The largest absolute Gasteiger partial charge is 0.497 e. The van der Waals surface area contributed by atoms with E-state index in [0.717, 1.165) is 5.69 Å². The number of amides is 1. The maximum atomic E-state index is 11.9. The molecule has 0 aliphatic rings. The third-order valence-electron chi connectivity index (χ3n) is 2.74. The highest BCUT2D eigenvalue weighted by Gasteiger charge is 2.08. The van der Waals surface area contributed by atoms with Crippen molar-refractivity contribution in [3.05, 3.63) is 30.1 Å². The average molecular weight is 276 g/mol. The van der Waals surface area contributed by atoms with Crippen LogP contribution in [0.1, 0.15) is 5.69 Å². The molecule has 0 aliphatic carbocycles. The summed E-state index contributed by atoms with van der Waals surface area (Å²) >= 11 is 0. The Morgan fingerprint density at radius 2 is 1.90 bits per heavy atom. The van der Waals surface area contributed by atoms with Gasteiger partial charge in [-0.3, -0.25) is 4.79 Å². The number of benzene rings is 1. The molecule has 20 heavy (non-hydrogen) atoms. The lowest BCUT2D eigenvalue weighted by Gasteiger charge is -2.10. The number of aromatic nitrogens is 3. The molecular weight excluding hydrogens is 260 g/mol. The predicted molar refractivity (Wildman–Crippen MR) is 72.9 cm³/mol. The second kappa shape index (κ2) is 6.05. The molecule has 1 aromatic carbocycles. The lowest BCUT2D eigenvalue weighted by atomic mass is 10.2. The average Bonchev–Trinajstić information content (AvgIpc) is 2.83. The molecule has 0 aliphatic heterocycles. The van der Waals surface area contributed by atoms with Gasteiger partial charge in [0.25, 0.3) is 0 Å². The highest BCUT2D eigenvalue weighted by atomic mass is 16.5. The molecule has 1 N–H and O–H groups in total. The molecule has 0 bridgehead atoms. The number of aryl methyl sites for hydroxylation is 1. The van der Waals surface area contributed by atoms with Gasteiger partial charge in [0.05, 0.1) is 26.1 Å². The monoisotopic (exact) mass is 276 g/mol. The Morgan fingerprint density at radius 3 is 2.40 bits per heavy atom. The summed E-state index contributed by atoms with van der Waals surface area (Å²) in [5.41, 5.74) is 1.42. The van der Waals surface area contributed by atoms with Gasteiger partial charge in [0.2, 0.25) is 5.91 Å². The minimum Gasteiger partial charge on any atom is -0.497 e. The molecule has 0 atom stereocenters. The zero-order valence-corrected chi connectivity index (χ0v) is 11.6. The van der Waals surface area contributed by atoms with Crippen molar-refractivity contribution in [2.24, 2.45) is 0 Å². The van der Waals surface area contributed by atoms with Crippen LogP contribution in [0.15, 0.2) is 24.4 Å². The van der Waals surface area contributed by atoms with Gasteiger partial charge < -0.3 is 14.8 Å². The SMILES string of the molecule is COc1cc(NC(=O)Cn2nncc2C)cc(OC)c1. The highest BCUT2D eigenvalue weighted by molar-refractivity contribution is 5.91. The first-order chi connectivity index (χ1) is 9.62. The molecule has 2 rings (SSSR count). The summed E-state index contributed by atoms with van der Waals surface area (Å²) in [7, 11) is 3.11. The van der Waals surface area contributed by atoms with E-state index in [0.29, 0.717) is 17.2 Å². The third-order valence-corrected chi connectivity index (χ3v) is 2.74. The van der Waals surface area contributed by atoms with Crippen molar-refractivity contribution in [2.45, 2.75) is 13.5 Å². The summed E-state index contributed by atoms with van der Waals surface area (Å²) in [6, 6.07) is 5.17. The molecule has 0 fully saturated rings. The summed E-state index contributed by atoms with van der Waals surface area (Å²) in [5.74, 6) is 1.02. The Morgan fingerprint density at radius 1 is 1.25 bits per heavy atom. The fourth-order valence-electron chi connectivity index (χ4n) is 1.68. The van der Waals surface area contributed by atoms with Crippen LogP contribution >= 0.6 is 0 Å². The van der Waals surface area contributed by atoms with Crippen molar-refractivity contribution in [1.29, 1.82) is 0 Å². The van der Waals surface area contributed by atoms with Crippen molar-refractivity contribution in [3.63, 3.8) is 0 Å². The van der Waals surface area contributed by atoms with Crippen LogP contribution in [0.4, 0.5) is 5.69 Å². The van der Waals surface area contributed by atoms with Crippen LogP contribution in [0.25, 0.3) is 0 Å². The number of ether oxygens (including phenoxy) is 2. The van der Waals surface area contributed by atoms with Gasteiger partial charge in [0.15, 0.2) is 0 Å². The van der Waals surface area contributed by atoms with Gasteiger partial charge in [-0.25, -0.2) is 4.68 Å². The van der Waals surface area contributed by atoms with Crippen molar-refractivity contribution in [1.82, 2.24) is 15.0 Å². The van der Waals surface area contributed by atoms with Crippen LogP contribution in [-0.2, 0) is 11.3 Å². The van der Waals surface area contributed by atoms with Crippen molar-refractivity contribution in [2.75, 3.05) is 19.5 Å². The minimum absolute atomic E-state index is 0.103. The van der Waals surface area contributed by atoms with Gasteiger partial charge >= 0.3 is 0 Å². The summed E-state index contributed by atoms with van der Waals surface area (Å²) in [4.78, 5) is 11.9. The van der Waals surface area contributed by atoms with Gasteiger partial charge in [0, 0.05) is 23.9 Å². The maximum Gasteiger partial charge on any atom is 0.246 e. The van der Waals surface area contributed by atoms with Gasteiger partial charge in [-0.05, 0) is 6.92 Å². The standard InChI is InChI=1S/C13H16N4O3/c1-9-7-14-16-17(9)8-13(18)15-10-4-11(19-2)6-12(5-10)20-3/h4-7H,8H2,1-3H3,(H,15,18). The first kappa shape index (κ1) is 13.9. The second-order valence-corrected chi connectivity index (χ2v) is 4.18. The summed E-state index contributed by atoms with van der Waals surface area (Å²) < 4.78 is 11.8. The van der Waals surface area contributed by atoms with Crippen LogP contribution < -0.4 is 14.8 Å². The van der Waals surface area contributed by atoms with Gasteiger partial charge in [-0.15, -0.1) is 5.10 Å².